The molecular weight excluding hydrogens is 202 g/mol. The lowest BCUT2D eigenvalue weighted by atomic mass is 10.2. The lowest BCUT2D eigenvalue weighted by Gasteiger charge is -2.17. The third-order valence-corrected chi connectivity index (χ3v) is 2.85. The Morgan fingerprint density at radius 2 is 2.31 bits per heavy atom. The molecule has 0 aliphatic heterocycles. The van der Waals surface area contributed by atoms with E-state index in [9.17, 15) is 0 Å². The van der Waals surface area contributed by atoms with Crippen LogP contribution in [0.25, 0.3) is 0 Å². The number of aromatic nitrogens is 2. The highest BCUT2D eigenvalue weighted by molar-refractivity contribution is 5.34. The van der Waals surface area contributed by atoms with Gasteiger partial charge >= 0.3 is 0 Å². The molecule has 0 aromatic carbocycles. The first kappa shape index (κ1) is 10.8. The van der Waals surface area contributed by atoms with Crippen LogP contribution in [-0.4, -0.2) is 22.1 Å². The number of nitrogens with one attached hydrogen (secondary N) is 1. The highest BCUT2D eigenvalue weighted by Gasteiger charge is 2.24. The Bertz CT molecular complexity index is 423. The van der Waals surface area contributed by atoms with Crippen molar-refractivity contribution in [2.24, 2.45) is 5.73 Å². The maximum absolute atomic E-state index is 8.81. The van der Waals surface area contributed by atoms with Crippen molar-refractivity contribution in [1.82, 2.24) is 9.97 Å². The Hall–Kier alpha value is -1.67. The third kappa shape index (κ3) is 2.28. The van der Waals surface area contributed by atoms with Crippen molar-refractivity contribution in [1.29, 1.82) is 5.26 Å². The van der Waals surface area contributed by atoms with Crippen LogP contribution in [0.2, 0.25) is 0 Å². The highest BCUT2D eigenvalue weighted by atomic mass is 15.1. The van der Waals surface area contributed by atoms with E-state index in [4.69, 9.17) is 11.0 Å². The highest BCUT2D eigenvalue weighted by Crippen LogP contribution is 2.20. The molecule has 0 amide bonds. The Morgan fingerprint density at radius 1 is 1.50 bits per heavy atom. The molecule has 0 saturated heterocycles. The van der Waals surface area contributed by atoms with Gasteiger partial charge in [0.2, 0.25) is 5.95 Å². The predicted molar refractivity (Wildman–Crippen MR) is 60.7 cm³/mol. The molecule has 2 atom stereocenters. The Labute approximate surface area is 94.7 Å². The van der Waals surface area contributed by atoms with E-state index in [0.717, 1.165) is 25.0 Å². The quantitative estimate of drug-likeness (QED) is 0.770. The smallest absolute Gasteiger partial charge is 0.224 e. The molecule has 1 aliphatic carbocycles. The van der Waals surface area contributed by atoms with Crippen molar-refractivity contribution < 1.29 is 0 Å². The first-order valence-electron chi connectivity index (χ1n) is 5.47. The molecule has 1 heterocycles. The van der Waals surface area contributed by atoms with E-state index < -0.39 is 0 Å². The van der Waals surface area contributed by atoms with Gasteiger partial charge in [-0.1, -0.05) is 0 Å². The summed E-state index contributed by atoms with van der Waals surface area (Å²) in [6.45, 7) is 1.85. The average Bonchev–Trinajstić information content (AvgIpc) is 2.63. The van der Waals surface area contributed by atoms with Crippen molar-refractivity contribution in [2.45, 2.75) is 38.3 Å². The average molecular weight is 217 g/mol. The van der Waals surface area contributed by atoms with Crippen LogP contribution in [-0.2, 0) is 0 Å². The van der Waals surface area contributed by atoms with Gasteiger partial charge in [0.15, 0.2) is 0 Å². The van der Waals surface area contributed by atoms with Crippen LogP contribution in [0, 0.1) is 18.3 Å². The summed E-state index contributed by atoms with van der Waals surface area (Å²) in [5.41, 5.74) is 7.13. The molecule has 0 bridgehead atoms. The van der Waals surface area contributed by atoms with Crippen molar-refractivity contribution in [3.8, 4) is 6.07 Å². The number of hydrogen-bond acceptors (Lipinski definition) is 5. The zero-order valence-corrected chi connectivity index (χ0v) is 9.27. The first-order chi connectivity index (χ1) is 7.69. The molecule has 1 aromatic rings. The fourth-order valence-electron chi connectivity index (χ4n) is 2.02. The second-order valence-corrected chi connectivity index (χ2v) is 4.18. The largest absolute Gasteiger partial charge is 0.350 e. The summed E-state index contributed by atoms with van der Waals surface area (Å²) in [5, 5.41) is 12.0. The van der Waals surface area contributed by atoms with Crippen LogP contribution in [0.5, 0.6) is 0 Å². The second kappa shape index (κ2) is 4.45. The van der Waals surface area contributed by atoms with E-state index in [0.29, 0.717) is 11.6 Å². The fraction of sp³-hybridized carbons (Fsp3) is 0.545. The molecule has 5 heteroatoms. The van der Waals surface area contributed by atoms with Crippen molar-refractivity contribution in [3.63, 3.8) is 0 Å². The molecule has 2 unspecified atom stereocenters. The molecule has 3 N–H and O–H groups in total. The molecule has 0 radical (unpaired) electrons. The molecule has 1 fully saturated rings. The molecule has 5 nitrogen and oxygen atoms in total. The van der Waals surface area contributed by atoms with Gasteiger partial charge in [-0.15, -0.1) is 0 Å². The number of anilines is 1. The molecular formula is C11H15N5. The molecule has 1 saturated carbocycles. The Balaban J connectivity index is 2.15. The summed E-state index contributed by atoms with van der Waals surface area (Å²) in [6, 6.07) is 4.08. The van der Waals surface area contributed by atoms with Gasteiger partial charge in [0.25, 0.3) is 0 Å². The van der Waals surface area contributed by atoms with Crippen LogP contribution >= 0.6 is 0 Å². The SMILES string of the molecule is Cc1cc(C#N)nc(NC2CCCC2N)n1. The van der Waals surface area contributed by atoms with Gasteiger partial charge in [0, 0.05) is 17.8 Å². The van der Waals surface area contributed by atoms with Gasteiger partial charge in [-0.2, -0.15) is 5.26 Å². The zero-order valence-electron chi connectivity index (χ0n) is 9.27. The van der Waals surface area contributed by atoms with E-state index >= 15 is 0 Å². The van der Waals surface area contributed by atoms with Gasteiger partial charge in [0.05, 0.1) is 0 Å². The normalized spacial score (nSPS) is 24.1. The van der Waals surface area contributed by atoms with Crippen molar-refractivity contribution >= 4 is 5.95 Å². The standard InChI is InChI=1S/C11H15N5/c1-7-5-8(6-12)15-11(14-7)16-10-4-2-3-9(10)13/h5,9-10H,2-4,13H2,1H3,(H,14,15,16). The first-order valence-corrected chi connectivity index (χ1v) is 5.47. The number of nitrogens with two attached hydrogens (primary N) is 1. The molecule has 84 valence electrons. The Morgan fingerprint density at radius 3 is 2.94 bits per heavy atom. The lowest BCUT2D eigenvalue weighted by molar-refractivity contribution is 0.632. The van der Waals surface area contributed by atoms with Crippen LogP contribution in [0.3, 0.4) is 0 Å². The molecule has 2 rings (SSSR count). The van der Waals surface area contributed by atoms with E-state index in [-0.39, 0.29) is 12.1 Å². The Kier molecular flexibility index (Phi) is 3.02. The second-order valence-electron chi connectivity index (χ2n) is 4.18. The number of hydrogen-bond donors (Lipinski definition) is 2. The zero-order chi connectivity index (χ0) is 11.5. The van der Waals surface area contributed by atoms with E-state index in [1.54, 1.807) is 6.07 Å². The van der Waals surface area contributed by atoms with Crippen LogP contribution in [0.4, 0.5) is 5.95 Å². The van der Waals surface area contributed by atoms with Crippen molar-refractivity contribution in [3.05, 3.63) is 17.5 Å². The number of aryl methyl sites for hydroxylation is 1. The number of nitriles is 1. The fourth-order valence-corrected chi connectivity index (χ4v) is 2.02. The van der Waals surface area contributed by atoms with Crippen LogP contribution in [0.1, 0.15) is 30.7 Å². The molecule has 16 heavy (non-hydrogen) atoms. The molecule has 0 spiro atoms. The van der Waals surface area contributed by atoms with Gasteiger partial charge in [-0.25, -0.2) is 9.97 Å². The van der Waals surface area contributed by atoms with E-state index in [1.807, 2.05) is 13.0 Å². The predicted octanol–water partition coefficient (Wildman–Crippen LogP) is 0.948. The van der Waals surface area contributed by atoms with Gasteiger partial charge < -0.3 is 11.1 Å². The summed E-state index contributed by atoms with van der Waals surface area (Å²) >= 11 is 0. The molecule has 1 aliphatic rings. The minimum atomic E-state index is 0.162. The minimum Gasteiger partial charge on any atom is -0.350 e. The topological polar surface area (TPSA) is 87.6 Å². The molecule has 1 aromatic heterocycles. The van der Waals surface area contributed by atoms with Crippen molar-refractivity contribution in [2.75, 3.05) is 5.32 Å². The summed E-state index contributed by atoms with van der Waals surface area (Å²) < 4.78 is 0. The summed E-state index contributed by atoms with van der Waals surface area (Å²) in [6.07, 6.45) is 3.21. The van der Waals surface area contributed by atoms with Crippen LogP contribution < -0.4 is 11.1 Å². The minimum absolute atomic E-state index is 0.162. The summed E-state index contributed by atoms with van der Waals surface area (Å²) in [7, 11) is 0. The van der Waals surface area contributed by atoms with Crippen LogP contribution in [0.15, 0.2) is 6.07 Å². The monoisotopic (exact) mass is 217 g/mol. The maximum atomic E-state index is 8.81. The van der Waals surface area contributed by atoms with E-state index in [1.165, 1.54) is 0 Å². The maximum Gasteiger partial charge on any atom is 0.224 e. The van der Waals surface area contributed by atoms with Gasteiger partial charge in [-0.3, -0.25) is 0 Å². The van der Waals surface area contributed by atoms with Gasteiger partial charge in [0.1, 0.15) is 11.8 Å². The van der Waals surface area contributed by atoms with Gasteiger partial charge in [-0.05, 0) is 32.3 Å². The third-order valence-electron chi connectivity index (χ3n) is 2.85. The summed E-state index contributed by atoms with van der Waals surface area (Å²) in [5.74, 6) is 0.513. The summed E-state index contributed by atoms with van der Waals surface area (Å²) in [4.78, 5) is 8.36. The lowest BCUT2D eigenvalue weighted by Crippen LogP contribution is -2.35. The van der Waals surface area contributed by atoms with E-state index in [2.05, 4.69) is 15.3 Å². The number of nitrogens with zero attached hydrogens (tertiary/aromatic N) is 3. The number of rotatable bonds is 2.